The molecule has 0 aliphatic heterocycles. The Kier molecular flexibility index (Phi) is 5.56. The predicted molar refractivity (Wildman–Crippen MR) is 60.4 cm³/mol. The van der Waals surface area contributed by atoms with Crippen molar-refractivity contribution in [1.82, 2.24) is 4.67 Å². The van der Waals surface area contributed by atoms with Crippen molar-refractivity contribution in [3.05, 3.63) is 0 Å². The lowest BCUT2D eigenvalue weighted by Crippen LogP contribution is -2.22. The van der Waals surface area contributed by atoms with Crippen molar-refractivity contribution in [2.75, 3.05) is 6.16 Å². The average Bonchev–Trinajstić information content (AvgIpc) is 2.01. The highest BCUT2D eigenvalue weighted by Gasteiger charge is 2.29. The summed E-state index contributed by atoms with van der Waals surface area (Å²) in [4.78, 5) is 0. The Bertz CT molecular complexity index is 260. The minimum Gasteiger partial charge on any atom is -0.282 e. The van der Waals surface area contributed by atoms with E-state index in [0.717, 1.165) is 6.42 Å². The smallest absolute Gasteiger partial charge is 0.266 e. The van der Waals surface area contributed by atoms with Crippen molar-refractivity contribution in [1.29, 1.82) is 5.26 Å². The van der Waals surface area contributed by atoms with E-state index in [4.69, 9.17) is 16.5 Å². The molecule has 0 aliphatic carbocycles. The summed E-state index contributed by atoms with van der Waals surface area (Å²) in [5.41, 5.74) is 0. The standard InChI is InChI=1S/C9H18ClN2OP/c1-8(2)5-6-14(10,13)12(7-11)9(3)4/h8-9H,5-6H2,1-4H3. The third kappa shape index (κ3) is 4.35. The quantitative estimate of drug-likeness (QED) is 0.416. The first kappa shape index (κ1) is 13.8. The van der Waals surface area contributed by atoms with Gasteiger partial charge in [0, 0.05) is 12.2 Å². The van der Waals surface area contributed by atoms with Gasteiger partial charge in [0.25, 0.3) is 6.65 Å². The average molecular weight is 237 g/mol. The Labute approximate surface area is 91.3 Å². The zero-order valence-corrected chi connectivity index (χ0v) is 10.8. The minimum atomic E-state index is -2.97. The molecule has 14 heavy (non-hydrogen) atoms. The van der Waals surface area contributed by atoms with Gasteiger partial charge in [-0.1, -0.05) is 13.8 Å². The summed E-state index contributed by atoms with van der Waals surface area (Å²) in [5.74, 6) is 0.454. The van der Waals surface area contributed by atoms with Crippen molar-refractivity contribution in [2.24, 2.45) is 5.92 Å². The van der Waals surface area contributed by atoms with Crippen molar-refractivity contribution in [3.8, 4) is 6.19 Å². The summed E-state index contributed by atoms with van der Waals surface area (Å²) < 4.78 is 13.2. The van der Waals surface area contributed by atoms with Crippen LogP contribution in [0.2, 0.25) is 0 Å². The number of rotatable bonds is 5. The van der Waals surface area contributed by atoms with E-state index in [1.165, 1.54) is 4.67 Å². The zero-order valence-electron chi connectivity index (χ0n) is 9.20. The van der Waals surface area contributed by atoms with Crippen molar-refractivity contribution in [3.63, 3.8) is 0 Å². The molecule has 0 saturated carbocycles. The van der Waals surface area contributed by atoms with Crippen LogP contribution in [0.5, 0.6) is 0 Å². The molecule has 0 spiro atoms. The molecule has 82 valence electrons. The molecule has 0 aliphatic rings. The molecule has 0 aromatic rings. The summed E-state index contributed by atoms with van der Waals surface area (Å²) in [7, 11) is 0. The first-order valence-electron chi connectivity index (χ1n) is 4.79. The number of hydrogen-bond acceptors (Lipinski definition) is 2. The topological polar surface area (TPSA) is 44.1 Å². The molecule has 1 unspecified atom stereocenters. The van der Waals surface area contributed by atoms with Gasteiger partial charge in [0.05, 0.1) is 0 Å². The van der Waals surface area contributed by atoms with Gasteiger partial charge in [-0.25, -0.2) is 4.67 Å². The molecule has 0 N–H and O–H groups in total. The van der Waals surface area contributed by atoms with Gasteiger partial charge in [-0.3, -0.25) is 4.57 Å². The van der Waals surface area contributed by atoms with Gasteiger partial charge < -0.3 is 0 Å². The van der Waals surface area contributed by atoms with E-state index in [1.807, 2.05) is 33.9 Å². The van der Waals surface area contributed by atoms with Gasteiger partial charge in [-0.2, -0.15) is 5.26 Å². The second kappa shape index (κ2) is 5.63. The monoisotopic (exact) mass is 236 g/mol. The molecule has 0 fully saturated rings. The summed E-state index contributed by atoms with van der Waals surface area (Å²) in [6.45, 7) is 4.75. The number of nitrogens with zero attached hydrogens (tertiary/aromatic N) is 2. The lowest BCUT2D eigenvalue weighted by molar-refractivity contribution is 0.457. The summed E-state index contributed by atoms with van der Waals surface area (Å²) in [6.07, 6.45) is 3.09. The molecule has 3 nitrogen and oxygen atoms in total. The van der Waals surface area contributed by atoms with Gasteiger partial charge in [-0.15, -0.1) is 0 Å². The SMILES string of the molecule is CC(C)CCP(=O)(Cl)N(C#N)C(C)C. The third-order valence-electron chi connectivity index (χ3n) is 1.90. The van der Waals surface area contributed by atoms with E-state index >= 15 is 0 Å². The molecule has 0 amide bonds. The van der Waals surface area contributed by atoms with Crippen LogP contribution in [0.15, 0.2) is 0 Å². The maximum atomic E-state index is 12.0. The summed E-state index contributed by atoms with van der Waals surface area (Å²) in [6, 6.07) is -0.101. The highest BCUT2D eigenvalue weighted by atomic mass is 35.7. The molecular formula is C9H18ClN2OP. The minimum absolute atomic E-state index is 0.101. The number of nitriles is 1. The maximum Gasteiger partial charge on any atom is 0.266 e. The van der Waals surface area contributed by atoms with Crippen LogP contribution in [0.1, 0.15) is 34.1 Å². The van der Waals surface area contributed by atoms with E-state index in [9.17, 15) is 4.57 Å². The Morgan fingerprint density at radius 1 is 1.43 bits per heavy atom. The van der Waals surface area contributed by atoms with E-state index in [2.05, 4.69) is 0 Å². The first-order chi connectivity index (χ1) is 6.31. The Morgan fingerprint density at radius 2 is 1.93 bits per heavy atom. The Hall–Kier alpha value is -0.190. The largest absolute Gasteiger partial charge is 0.282 e. The second-order valence-electron chi connectivity index (χ2n) is 4.06. The molecule has 0 aromatic heterocycles. The Morgan fingerprint density at radius 3 is 2.21 bits per heavy atom. The van der Waals surface area contributed by atoms with Crippen LogP contribution >= 0.6 is 17.9 Å². The van der Waals surface area contributed by atoms with Crippen LogP contribution in [-0.4, -0.2) is 16.9 Å². The number of halogens is 1. The molecule has 0 bridgehead atoms. The molecule has 0 rings (SSSR count). The van der Waals surface area contributed by atoms with Crippen molar-refractivity contribution >= 4 is 17.9 Å². The van der Waals surface area contributed by atoms with Crippen LogP contribution in [-0.2, 0) is 4.57 Å². The lowest BCUT2D eigenvalue weighted by atomic mass is 10.2. The van der Waals surface area contributed by atoms with E-state index in [1.54, 1.807) is 0 Å². The van der Waals surface area contributed by atoms with Gasteiger partial charge in [0.2, 0.25) is 0 Å². The number of hydrogen-bond donors (Lipinski definition) is 0. The van der Waals surface area contributed by atoms with Gasteiger partial charge >= 0.3 is 0 Å². The predicted octanol–water partition coefficient (Wildman–Crippen LogP) is 3.66. The first-order valence-corrected chi connectivity index (χ1v) is 7.54. The van der Waals surface area contributed by atoms with Gasteiger partial charge in [0.1, 0.15) is 0 Å². The van der Waals surface area contributed by atoms with Crippen LogP contribution < -0.4 is 0 Å². The van der Waals surface area contributed by atoms with Gasteiger partial charge in [-0.05, 0) is 37.4 Å². The lowest BCUT2D eigenvalue weighted by Gasteiger charge is -2.25. The van der Waals surface area contributed by atoms with Gasteiger partial charge in [0.15, 0.2) is 6.19 Å². The molecule has 1 atom stereocenters. The molecule has 0 saturated heterocycles. The van der Waals surface area contributed by atoms with Crippen LogP contribution in [0, 0.1) is 17.4 Å². The van der Waals surface area contributed by atoms with Crippen LogP contribution in [0.4, 0.5) is 0 Å². The molecule has 0 heterocycles. The Balaban J connectivity index is 4.44. The van der Waals surface area contributed by atoms with Crippen molar-refractivity contribution < 1.29 is 4.57 Å². The van der Waals surface area contributed by atoms with E-state index < -0.39 is 6.65 Å². The fraction of sp³-hybridized carbons (Fsp3) is 0.889. The molecular weight excluding hydrogens is 219 g/mol. The fourth-order valence-electron chi connectivity index (χ4n) is 1.05. The fourth-order valence-corrected chi connectivity index (χ4v) is 3.84. The maximum absolute atomic E-state index is 12.0. The van der Waals surface area contributed by atoms with E-state index in [-0.39, 0.29) is 6.04 Å². The van der Waals surface area contributed by atoms with E-state index in [0.29, 0.717) is 12.1 Å². The normalized spacial score (nSPS) is 15.3. The second-order valence-corrected chi connectivity index (χ2v) is 7.76. The van der Waals surface area contributed by atoms with Crippen molar-refractivity contribution in [2.45, 2.75) is 40.2 Å². The molecule has 5 heteroatoms. The molecule has 0 aromatic carbocycles. The summed E-state index contributed by atoms with van der Waals surface area (Å²) in [5, 5.41) is 8.82. The molecule has 0 radical (unpaired) electrons. The third-order valence-corrected chi connectivity index (χ3v) is 4.90. The highest BCUT2D eigenvalue weighted by molar-refractivity contribution is 7.87. The van der Waals surface area contributed by atoms with Crippen LogP contribution in [0.3, 0.4) is 0 Å². The summed E-state index contributed by atoms with van der Waals surface area (Å²) >= 11 is 5.90. The van der Waals surface area contributed by atoms with Crippen LogP contribution in [0.25, 0.3) is 0 Å². The highest BCUT2D eigenvalue weighted by Crippen LogP contribution is 2.56. The zero-order chi connectivity index (χ0) is 11.4.